The van der Waals surface area contributed by atoms with Gasteiger partial charge in [-0.25, -0.2) is 0 Å². The van der Waals surface area contributed by atoms with Crippen molar-refractivity contribution in [2.24, 2.45) is 5.41 Å². The van der Waals surface area contributed by atoms with Crippen molar-refractivity contribution in [2.75, 3.05) is 0 Å². The first-order valence-corrected chi connectivity index (χ1v) is 18.0. The Hall–Kier alpha value is -5.74. The summed E-state index contributed by atoms with van der Waals surface area (Å²) >= 11 is 0. The number of hydrogen-bond acceptors (Lipinski definition) is 4. The maximum absolute atomic E-state index is 6.74. The molecular weight excluding hydrogens is 839 g/mol. The number of rotatable bonds is 5. The molecule has 0 fully saturated rings. The molecule has 5 heteroatoms. The summed E-state index contributed by atoms with van der Waals surface area (Å²) in [5, 5.41) is 4.39. The Bertz CT molecular complexity index is 2660. The van der Waals surface area contributed by atoms with Crippen molar-refractivity contribution >= 4 is 32.7 Å². The summed E-state index contributed by atoms with van der Waals surface area (Å²) in [4.78, 5) is 13.5. The van der Waals surface area contributed by atoms with Crippen LogP contribution in [0, 0.1) is 24.5 Å². The zero-order valence-electron chi connectivity index (χ0n) is 30.7. The molecule has 0 amide bonds. The molecule has 0 atom stereocenters. The molecule has 0 saturated heterocycles. The van der Waals surface area contributed by atoms with E-state index < -0.39 is 0 Å². The van der Waals surface area contributed by atoms with Crippen LogP contribution in [0.2, 0.25) is 0 Å². The Morgan fingerprint density at radius 2 is 1.46 bits per heavy atom. The summed E-state index contributed by atoms with van der Waals surface area (Å²) in [6, 6.07) is 50.2. The molecule has 0 bridgehead atoms. The van der Waals surface area contributed by atoms with Gasteiger partial charge in [0.1, 0.15) is 5.58 Å². The van der Waals surface area contributed by atoms with Gasteiger partial charge in [-0.15, -0.1) is 53.6 Å². The molecule has 9 aromatic rings. The first kappa shape index (κ1) is 36.6. The van der Waals surface area contributed by atoms with Crippen molar-refractivity contribution in [3.63, 3.8) is 0 Å². The number of aryl methyl sites for hydroxylation is 1. The maximum atomic E-state index is 6.74. The quantitative estimate of drug-likeness (QED) is 0.162. The molecular formula is C49H39IrN3O-2. The Balaban J connectivity index is 0.000000201. The van der Waals surface area contributed by atoms with Gasteiger partial charge in [0.25, 0.3) is 0 Å². The van der Waals surface area contributed by atoms with E-state index in [0.717, 1.165) is 83.9 Å². The van der Waals surface area contributed by atoms with Crippen molar-refractivity contribution < 1.29 is 24.5 Å². The predicted octanol–water partition coefficient (Wildman–Crippen LogP) is 12.8. The summed E-state index contributed by atoms with van der Waals surface area (Å²) in [7, 11) is 0. The van der Waals surface area contributed by atoms with Crippen LogP contribution in [0.15, 0.2) is 157 Å². The maximum Gasteiger partial charge on any atom is 0.129 e. The minimum absolute atomic E-state index is 0. The Morgan fingerprint density at radius 1 is 0.630 bits per heavy atom. The van der Waals surface area contributed by atoms with Crippen LogP contribution in [-0.4, -0.2) is 15.0 Å². The first-order chi connectivity index (χ1) is 25.8. The molecule has 1 radical (unpaired) electrons. The van der Waals surface area contributed by atoms with Crippen molar-refractivity contribution in [3.8, 4) is 44.8 Å². The van der Waals surface area contributed by atoms with E-state index in [1.807, 2.05) is 61.1 Å². The van der Waals surface area contributed by atoms with Gasteiger partial charge in [-0.05, 0) is 69.1 Å². The minimum Gasteiger partial charge on any atom is -0.500 e. The van der Waals surface area contributed by atoms with Crippen LogP contribution < -0.4 is 0 Å². The summed E-state index contributed by atoms with van der Waals surface area (Å²) < 4.78 is 6.74. The fourth-order valence-electron chi connectivity index (χ4n) is 6.93. The number of fused-ring (bicyclic) bond motifs is 4. The summed E-state index contributed by atoms with van der Waals surface area (Å²) in [6.07, 6.45) is 8.59. The van der Waals surface area contributed by atoms with E-state index in [1.165, 1.54) is 11.1 Å². The molecule has 0 unspecified atom stereocenters. The van der Waals surface area contributed by atoms with Crippen LogP contribution in [0.25, 0.3) is 77.5 Å². The molecule has 267 valence electrons. The standard InChI is InChI=1S/C32H19N2O.C17H20N.Ir/c1-2-8-21(9-3-1)23-15-16-25(24-11-6-10-22-17-19-33-20-28(22)24)32-30(23)27-13-7-12-26(31(27)35-32)29-14-4-5-18-34-29;1-13-5-8-15(9-6-13)16-10-7-14(12-18-16)11-17(2,3)4;/h1-11,13-20H;5-8,10,12H,11H2,1-4H3;/q2*-1;. The number of hydrogen-bond donors (Lipinski definition) is 0. The number of furan rings is 1. The zero-order chi connectivity index (χ0) is 36.4. The molecule has 4 aromatic heterocycles. The van der Waals surface area contributed by atoms with E-state index >= 15 is 0 Å². The second-order valence-corrected chi connectivity index (χ2v) is 14.6. The smallest absolute Gasteiger partial charge is 0.129 e. The van der Waals surface area contributed by atoms with Gasteiger partial charge in [0.15, 0.2) is 0 Å². The number of pyridine rings is 3. The topological polar surface area (TPSA) is 51.8 Å². The molecule has 4 nitrogen and oxygen atoms in total. The molecule has 0 aliphatic carbocycles. The van der Waals surface area contributed by atoms with Crippen molar-refractivity contribution in [3.05, 3.63) is 175 Å². The SMILES string of the molecule is Cc1c[c-]c(-c2ccc(CC(C)(C)C)cn2)cc1.[Ir].[c-]1ccc2c(oc3c(-c4cccc5ccncc45)ccc(-c4ccccc4)c32)c1-c1ccccn1. The molecule has 0 N–H and O–H groups in total. The second kappa shape index (κ2) is 15.7. The molecule has 54 heavy (non-hydrogen) atoms. The molecule has 0 aliphatic rings. The van der Waals surface area contributed by atoms with E-state index in [2.05, 4.69) is 140 Å². The molecule has 0 spiro atoms. The van der Waals surface area contributed by atoms with Gasteiger partial charge in [0, 0.05) is 61.2 Å². The first-order valence-electron chi connectivity index (χ1n) is 18.0. The summed E-state index contributed by atoms with van der Waals surface area (Å²) in [5.41, 5.74) is 12.7. The normalized spacial score (nSPS) is 11.3. The van der Waals surface area contributed by atoms with Gasteiger partial charge in [-0.1, -0.05) is 118 Å². The largest absolute Gasteiger partial charge is 0.500 e. The molecule has 4 heterocycles. The summed E-state index contributed by atoms with van der Waals surface area (Å²) in [5.74, 6) is 0. The van der Waals surface area contributed by atoms with Gasteiger partial charge in [0.05, 0.1) is 5.58 Å². The number of nitrogens with zero attached hydrogens (tertiary/aromatic N) is 3. The van der Waals surface area contributed by atoms with Crippen LogP contribution in [0.1, 0.15) is 31.9 Å². The van der Waals surface area contributed by atoms with E-state index in [4.69, 9.17) is 4.42 Å². The average Bonchev–Trinajstić information content (AvgIpc) is 3.59. The fourth-order valence-corrected chi connectivity index (χ4v) is 6.93. The molecule has 0 aliphatic heterocycles. The Morgan fingerprint density at radius 3 is 2.20 bits per heavy atom. The zero-order valence-corrected chi connectivity index (χ0v) is 33.1. The third kappa shape index (κ3) is 7.65. The van der Waals surface area contributed by atoms with Crippen LogP contribution in [0.5, 0.6) is 0 Å². The predicted molar refractivity (Wildman–Crippen MR) is 218 cm³/mol. The average molecular weight is 878 g/mol. The van der Waals surface area contributed by atoms with Crippen LogP contribution >= 0.6 is 0 Å². The van der Waals surface area contributed by atoms with E-state index in [-0.39, 0.29) is 20.1 Å². The second-order valence-electron chi connectivity index (χ2n) is 14.6. The summed E-state index contributed by atoms with van der Waals surface area (Å²) in [6.45, 7) is 8.80. The van der Waals surface area contributed by atoms with Crippen molar-refractivity contribution in [2.45, 2.75) is 34.1 Å². The van der Waals surface area contributed by atoms with Crippen LogP contribution in [0.3, 0.4) is 0 Å². The van der Waals surface area contributed by atoms with E-state index in [0.29, 0.717) is 5.41 Å². The Kier molecular flexibility index (Phi) is 10.6. The van der Waals surface area contributed by atoms with Gasteiger partial charge >= 0.3 is 0 Å². The molecule has 0 saturated carbocycles. The van der Waals surface area contributed by atoms with Gasteiger partial charge in [0.2, 0.25) is 0 Å². The monoisotopic (exact) mass is 878 g/mol. The van der Waals surface area contributed by atoms with Gasteiger partial charge < -0.3 is 14.4 Å². The third-order valence-corrected chi connectivity index (χ3v) is 9.36. The Labute approximate surface area is 330 Å². The van der Waals surface area contributed by atoms with Crippen LogP contribution in [0.4, 0.5) is 0 Å². The molecule has 5 aromatic carbocycles. The van der Waals surface area contributed by atoms with Gasteiger partial charge in [-0.2, -0.15) is 0 Å². The number of aromatic nitrogens is 3. The van der Waals surface area contributed by atoms with E-state index in [9.17, 15) is 0 Å². The fraction of sp³-hybridized carbons (Fsp3) is 0.122. The van der Waals surface area contributed by atoms with E-state index in [1.54, 1.807) is 6.20 Å². The minimum atomic E-state index is 0. The molecule has 9 rings (SSSR count). The van der Waals surface area contributed by atoms with Gasteiger partial charge in [-0.3, -0.25) is 4.98 Å². The van der Waals surface area contributed by atoms with Crippen LogP contribution in [-0.2, 0) is 26.5 Å². The third-order valence-electron chi connectivity index (χ3n) is 9.36. The number of benzene rings is 5. The van der Waals surface area contributed by atoms with Crippen molar-refractivity contribution in [1.29, 1.82) is 0 Å². The van der Waals surface area contributed by atoms with Crippen molar-refractivity contribution in [1.82, 2.24) is 15.0 Å².